The van der Waals surface area contributed by atoms with Crippen molar-refractivity contribution in [3.8, 4) is 0 Å². The van der Waals surface area contributed by atoms with Crippen molar-refractivity contribution in [1.29, 1.82) is 0 Å². The van der Waals surface area contributed by atoms with Gasteiger partial charge in [0.15, 0.2) is 0 Å². The van der Waals surface area contributed by atoms with Crippen LogP contribution < -0.4 is 32.3 Å². The highest BCUT2D eigenvalue weighted by Gasteiger charge is 2.31. The van der Waals surface area contributed by atoms with Gasteiger partial charge >= 0.3 is 6.18 Å². The largest absolute Gasteiger partial charge is 0.416 e. The Morgan fingerprint density at radius 1 is 0.837 bits per heavy atom. The third-order valence-electron chi connectivity index (χ3n) is 6.71. The summed E-state index contributed by atoms with van der Waals surface area (Å²) in [6.07, 6.45) is -1.40. The molecular formula is C33H29F3N8O5. The third kappa shape index (κ3) is 9.95. The number of aryl methyl sites for hydroxylation is 1. The number of anilines is 5. The molecule has 5 amide bonds. The van der Waals surface area contributed by atoms with Crippen LogP contribution >= 0.6 is 0 Å². The summed E-state index contributed by atoms with van der Waals surface area (Å²) in [4.78, 5) is 69.8. The van der Waals surface area contributed by atoms with Gasteiger partial charge in [0.1, 0.15) is 6.04 Å². The van der Waals surface area contributed by atoms with Crippen LogP contribution in [0.4, 0.5) is 41.9 Å². The first kappa shape index (κ1) is 35.3. The molecule has 1 aromatic heterocycles. The van der Waals surface area contributed by atoms with E-state index in [1.165, 1.54) is 30.6 Å². The minimum Gasteiger partial charge on any atom is -0.370 e. The molecule has 4 rings (SSSR count). The van der Waals surface area contributed by atoms with E-state index in [2.05, 4.69) is 43.1 Å². The molecule has 0 unspecified atom stereocenters. The number of nitrogens with zero attached hydrogens (tertiary/aromatic N) is 2. The van der Waals surface area contributed by atoms with E-state index in [1.807, 2.05) is 0 Å². The molecule has 0 fully saturated rings. The molecule has 4 aromatic rings. The molecule has 16 heteroatoms. The molecule has 49 heavy (non-hydrogen) atoms. The van der Waals surface area contributed by atoms with E-state index in [1.54, 1.807) is 37.3 Å². The fourth-order valence-electron chi connectivity index (χ4n) is 4.31. The molecule has 7 N–H and O–H groups in total. The van der Waals surface area contributed by atoms with Gasteiger partial charge in [0.25, 0.3) is 11.8 Å². The van der Waals surface area contributed by atoms with Crippen LogP contribution in [0, 0.1) is 6.92 Å². The third-order valence-corrected chi connectivity index (χ3v) is 6.71. The van der Waals surface area contributed by atoms with E-state index in [-0.39, 0.29) is 28.5 Å². The van der Waals surface area contributed by atoms with Crippen LogP contribution in [0.15, 0.2) is 91.8 Å². The standard InChI is InChI=1S/C33H29F3N8O5/c1-3-28(46)44-26(15-27(37)45)31(49)41-21-8-5-9-22(13-21)43-32-38-16-24(17-39-32)42-30(48)25-14-23(11-10-18(25)2)40-29(47)19-6-4-7-20(12-19)33(34,35)36/h3-14,16-17,26H,1,15H2,2H3,(H2,37,45)(H,40,47)(H,41,49)(H,42,48)(H,44,46)(H,38,39,43)/t26-/m1/s1. The molecule has 1 atom stereocenters. The number of hydrogen-bond donors (Lipinski definition) is 6. The van der Waals surface area contributed by atoms with E-state index in [0.29, 0.717) is 16.9 Å². The van der Waals surface area contributed by atoms with Gasteiger partial charge in [-0.15, -0.1) is 0 Å². The Morgan fingerprint density at radius 2 is 1.49 bits per heavy atom. The van der Waals surface area contributed by atoms with Gasteiger partial charge in [-0.05, 0) is 67.1 Å². The molecule has 3 aromatic carbocycles. The zero-order chi connectivity index (χ0) is 35.7. The number of aromatic nitrogens is 2. The van der Waals surface area contributed by atoms with E-state index >= 15 is 0 Å². The quantitative estimate of drug-likeness (QED) is 0.118. The van der Waals surface area contributed by atoms with Crippen LogP contribution in [0.5, 0.6) is 0 Å². The summed E-state index contributed by atoms with van der Waals surface area (Å²) >= 11 is 0. The summed E-state index contributed by atoms with van der Waals surface area (Å²) in [6, 6.07) is 13.6. The summed E-state index contributed by atoms with van der Waals surface area (Å²) in [7, 11) is 0. The van der Waals surface area contributed by atoms with Crippen molar-refractivity contribution >= 4 is 58.2 Å². The number of benzene rings is 3. The lowest BCUT2D eigenvalue weighted by Crippen LogP contribution is -2.45. The van der Waals surface area contributed by atoms with Crippen LogP contribution in [0.2, 0.25) is 0 Å². The Bertz CT molecular complexity index is 1920. The molecule has 0 spiro atoms. The molecule has 0 bridgehead atoms. The summed E-state index contributed by atoms with van der Waals surface area (Å²) in [5.41, 5.74) is 5.99. The minimum atomic E-state index is -4.61. The van der Waals surface area contributed by atoms with Crippen LogP contribution in [0.3, 0.4) is 0 Å². The SMILES string of the molecule is C=CC(=O)N[C@H](CC(N)=O)C(=O)Nc1cccc(Nc2ncc(NC(=O)c3cc(NC(=O)c4cccc(C(F)(F)F)c4)ccc3C)cn2)c1. The number of amides is 5. The normalized spacial score (nSPS) is 11.4. The molecule has 0 aliphatic heterocycles. The second kappa shape index (κ2) is 15.3. The zero-order valence-electron chi connectivity index (χ0n) is 25.7. The molecule has 0 aliphatic rings. The van der Waals surface area contributed by atoms with Crippen molar-refractivity contribution in [2.75, 3.05) is 21.3 Å². The number of alkyl halides is 3. The fraction of sp³-hybridized carbons (Fsp3) is 0.121. The van der Waals surface area contributed by atoms with E-state index < -0.39 is 53.7 Å². The van der Waals surface area contributed by atoms with Gasteiger partial charge in [0.05, 0.1) is 30.1 Å². The summed E-state index contributed by atoms with van der Waals surface area (Å²) in [6.45, 7) is 4.98. The second-order valence-electron chi connectivity index (χ2n) is 10.4. The first-order valence-corrected chi connectivity index (χ1v) is 14.3. The Kier molecular flexibility index (Phi) is 11.0. The van der Waals surface area contributed by atoms with Gasteiger partial charge in [-0.2, -0.15) is 13.2 Å². The van der Waals surface area contributed by atoms with Crippen molar-refractivity contribution in [3.63, 3.8) is 0 Å². The van der Waals surface area contributed by atoms with Crippen molar-refractivity contribution < 1.29 is 37.1 Å². The fourth-order valence-corrected chi connectivity index (χ4v) is 4.31. The number of nitrogens with two attached hydrogens (primary N) is 1. The van der Waals surface area contributed by atoms with Crippen molar-refractivity contribution in [2.24, 2.45) is 5.73 Å². The topological polar surface area (TPSA) is 197 Å². The van der Waals surface area contributed by atoms with Crippen LogP contribution in [0.1, 0.15) is 38.3 Å². The van der Waals surface area contributed by atoms with Gasteiger partial charge < -0.3 is 32.3 Å². The van der Waals surface area contributed by atoms with Crippen LogP contribution in [-0.4, -0.2) is 45.5 Å². The average molecular weight is 675 g/mol. The molecule has 0 saturated carbocycles. The van der Waals surface area contributed by atoms with E-state index in [4.69, 9.17) is 5.73 Å². The van der Waals surface area contributed by atoms with E-state index in [0.717, 1.165) is 24.3 Å². The second-order valence-corrected chi connectivity index (χ2v) is 10.4. The van der Waals surface area contributed by atoms with Gasteiger partial charge in [-0.1, -0.05) is 24.8 Å². The summed E-state index contributed by atoms with van der Waals surface area (Å²) in [5, 5.41) is 13.0. The predicted molar refractivity (Wildman–Crippen MR) is 175 cm³/mol. The number of carbonyl (C=O) groups excluding carboxylic acids is 5. The van der Waals surface area contributed by atoms with Crippen molar-refractivity contribution in [2.45, 2.75) is 25.6 Å². The van der Waals surface area contributed by atoms with E-state index in [9.17, 15) is 37.1 Å². The van der Waals surface area contributed by atoms with Gasteiger partial charge in [0.2, 0.25) is 23.7 Å². The lowest BCUT2D eigenvalue weighted by Gasteiger charge is -2.16. The first-order valence-electron chi connectivity index (χ1n) is 14.3. The molecule has 252 valence electrons. The number of rotatable bonds is 12. The molecular weight excluding hydrogens is 645 g/mol. The molecule has 0 radical (unpaired) electrons. The zero-order valence-corrected chi connectivity index (χ0v) is 25.7. The lowest BCUT2D eigenvalue weighted by atomic mass is 10.1. The molecule has 1 heterocycles. The summed E-state index contributed by atoms with van der Waals surface area (Å²) in [5.74, 6) is -3.32. The van der Waals surface area contributed by atoms with Crippen molar-refractivity contribution in [1.82, 2.24) is 15.3 Å². The van der Waals surface area contributed by atoms with Crippen molar-refractivity contribution in [3.05, 3.63) is 114 Å². The lowest BCUT2D eigenvalue weighted by molar-refractivity contribution is -0.137. The highest BCUT2D eigenvalue weighted by molar-refractivity contribution is 6.08. The Balaban J connectivity index is 1.38. The van der Waals surface area contributed by atoms with Crippen LogP contribution in [0.25, 0.3) is 0 Å². The monoisotopic (exact) mass is 674 g/mol. The average Bonchev–Trinajstić information content (AvgIpc) is 3.05. The number of halogens is 3. The van der Waals surface area contributed by atoms with Gasteiger partial charge in [-0.3, -0.25) is 24.0 Å². The number of hydrogen-bond acceptors (Lipinski definition) is 8. The van der Waals surface area contributed by atoms with Crippen LogP contribution in [-0.2, 0) is 20.6 Å². The number of carbonyl (C=O) groups is 5. The van der Waals surface area contributed by atoms with Gasteiger partial charge in [0, 0.05) is 28.2 Å². The highest BCUT2D eigenvalue weighted by atomic mass is 19.4. The maximum atomic E-state index is 13.1. The molecule has 0 aliphatic carbocycles. The maximum Gasteiger partial charge on any atom is 0.416 e. The molecule has 13 nitrogen and oxygen atoms in total. The first-order chi connectivity index (χ1) is 23.2. The highest BCUT2D eigenvalue weighted by Crippen LogP contribution is 2.30. The Morgan fingerprint density at radius 3 is 2.16 bits per heavy atom. The number of nitrogens with one attached hydrogen (secondary N) is 5. The smallest absolute Gasteiger partial charge is 0.370 e. The predicted octanol–water partition coefficient (Wildman–Crippen LogP) is 4.54. The Labute approximate surface area is 277 Å². The number of primary amides is 1. The molecule has 0 saturated heterocycles. The minimum absolute atomic E-state index is 0.141. The maximum absolute atomic E-state index is 13.1. The van der Waals surface area contributed by atoms with Gasteiger partial charge in [-0.25, -0.2) is 9.97 Å². The Hall–Kier alpha value is -6.58. The summed E-state index contributed by atoms with van der Waals surface area (Å²) < 4.78 is 39.2.